The molecule has 2 aromatic carbocycles. The Morgan fingerprint density at radius 1 is 1.00 bits per heavy atom. The molecule has 4 rings (SSSR count). The van der Waals surface area contributed by atoms with E-state index >= 15 is 0 Å². The smallest absolute Gasteiger partial charge is 0.259 e. The number of aryl methyl sites for hydroxylation is 1. The second-order valence-corrected chi connectivity index (χ2v) is 6.06. The van der Waals surface area contributed by atoms with Gasteiger partial charge in [-0.3, -0.25) is 9.78 Å². The van der Waals surface area contributed by atoms with Crippen LogP contribution in [-0.4, -0.2) is 18.0 Å². The van der Waals surface area contributed by atoms with E-state index in [1.807, 2.05) is 60.4 Å². The molecule has 0 N–H and O–H groups in total. The number of rotatable bonds is 3. The molecule has 4 heteroatoms. The number of pyridine rings is 1. The standard InChI is InChI=1S/C21H18N2O2/c1-14-7-3-5-9-18(14)23-13-17-15(21(23)24)11-12-22-20(17)16-8-4-6-10-19(16)25-2/h3-12H,13H2,1-2H3. The third-order valence-electron chi connectivity index (χ3n) is 4.62. The fourth-order valence-corrected chi connectivity index (χ4v) is 3.36. The van der Waals surface area contributed by atoms with Crippen molar-refractivity contribution >= 4 is 11.6 Å². The van der Waals surface area contributed by atoms with Gasteiger partial charge in [0.15, 0.2) is 0 Å². The van der Waals surface area contributed by atoms with E-state index in [1.165, 1.54) is 0 Å². The summed E-state index contributed by atoms with van der Waals surface area (Å²) in [6, 6.07) is 17.5. The maximum Gasteiger partial charge on any atom is 0.259 e. The Morgan fingerprint density at radius 2 is 1.76 bits per heavy atom. The zero-order valence-electron chi connectivity index (χ0n) is 14.2. The first-order chi connectivity index (χ1) is 12.2. The summed E-state index contributed by atoms with van der Waals surface area (Å²) in [5, 5.41) is 0. The largest absolute Gasteiger partial charge is 0.496 e. The van der Waals surface area contributed by atoms with Crippen molar-refractivity contribution in [2.75, 3.05) is 12.0 Å². The molecule has 0 unspecified atom stereocenters. The predicted octanol–water partition coefficient (Wildman–Crippen LogP) is 4.23. The molecule has 1 aromatic heterocycles. The van der Waals surface area contributed by atoms with Crippen molar-refractivity contribution in [3.8, 4) is 17.0 Å². The molecule has 124 valence electrons. The molecular formula is C21H18N2O2. The number of carbonyl (C=O) groups excluding carboxylic acids is 1. The first kappa shape index (κ1) is 15.4. The molecule has 0 spiro atoms. The number of para-hydroxylation sites is 2. The molecule has 0 atom stereocenters. The molecule has 0 aliphatic carbocycles. The van der Waals surface area contributed by atoms with Crippen molar-refractivity contribution in [2.45, 2.75) is 13.5 Å². The van der Waals surface area contributed by atoms with E-state index in [4.69, 9.17) is 4.74 Å². The Labute approximate surface area is 146 Å². The summed E-state index contributed by atoms with van der Waals surface area (Å²) in [6.07, 6.45) is 1.69. The van der Waals surface area contributed by atoms with Gasteiger partial charge in [0.2, 0.25) is 0 Å². The van der Waals surface area contributed by atoms with Crippen LogP contribution in [-0.2, 0) is 6.54 Å². The van der Waals surface area contributed by atoms with Crippen molar-refractivity contribution in [2.24, 2.45) is 0 Å². The second kappa shape index (κ2) is 6.06. The van der Waals surface area contributed by atoms with Crippen LogP contribution in [0.2, 0.25) is 0 Å². The Morgan fingerprint density at radius 3 is 2.56 bits per heavy atom. The monoisotopic (exact) mass is 330 g/mol. The zero-order chi connectivity index (χ0) is 17.4. The van der Waals surface area contributed by atoms with Gasteiger partial charge >= 0.3 is 0 Å². The molecule has 0 saturated carbocycles. The fourth-order valence-electron chi connectivity index (χ4n) is 3.36. The van der Waals surface area contributed by atoms with Crippen LogP contribution in [0.4, 0.5) is 5.69 Å². The van der Waals surface area contributed by atoms with Gasteiger partial charge in [-0.05, 0) is 36.8 Å². The van der Waals surface area contributed by atoms with E-state index in [-0.39, 0.29) is 5.91 Å². The minimum absolute atomic E-state index is 0.0165. The van der Waals surface area contributed by atoms with E-state index < -0.39 is 0 Å². The highest BCUT2D eigenvalue weighted by Crippen LogP contribution is 2.37. The number of anilines is 1. The highest BCUT2D eigenvalue weighted by atomic mass is 16.5. The molecule has 1 aliphatic rings. The van der Waals surface area contributed by atoms with Gasteiger partial charge < -0.3 is 9.64 Å². The molecule has 0 bridgehead atoms. The maximum absolute atomic E-state index is 13.0. The quantitative estimate of drug-likeness (QED) is 0.722. The number of methoxy groups -OCH3 is 1. The summed E-state index contributed by atoms with van der Waals surface area (Å²) >= 11 is 0. The van der Waals surface area contributed by atoms with Gasteiger partial charge in [-0.25, -0.2) is 0 Å². The van der Waals surface area contributed by atoms with Gasteiger partial charge in [0.05, 0.1) is 19.3 Å². The highest BCUT2D eigenvalue weighted by Gasteiger charge is 2.32. The first-order valence-electron chi connectivity index (χ1n) is 8.19. The Bertz CT molecular complexity index is 966. The fraction of sp³-hybridized carbons (Fsp3) is 0.143. The van der Waals surface area contributed by atoms with E-state index in [0.717, 1.165) is 33.8 Å². The van der Waals surface area contributed by atoms with Gasteiger partial charge in [0, 0.05) is 28.6 Å². The van der Waals surface area contributed by atoms with Crippen LogP contribution < -0.4 is 9.64 Å². The van der Waals surface area contributed by atoms with E-state index in [0.29, 0.717) is 12.1 Å². The molecule has 1 amide bonds. The third kappa shape index (κ3) is 2.47. The van der Waals surface area contributed by atoms with Crippen LogP contribution in [0.5, 0.6) is 5.75 Å². The number of fused-ring (bicyclic) bond motifs is 1. The average Bonchev–Trinajstić information content (AvgIpc) is 2.99. The zero-order valence-corrected chi connectivity index (χ0v) is 14.2. The number of hydrogen-bond donors (Lipinski definition) is 0. The van der Waals surface area contributed by atoms with Crippen LogP contribution in [0.25, 0.3) is 11.3 Å². The van der Waals surface area contributed by atoms with Crippen LogP contribution >= 0.6 is 0 Å². The number of benzene rings is 2. The van der Waals surface area contributed by atoms with E-state index in [9.17, 15) is 4.79 Å². The lowest BCUT2D eigenvalue weighted by Gasteiger charge is -2.18. The van der Waals surface area contributed by atoms with Gasteiger partial charge in [0.1, 0.15) is 5.75 Å². The van der Waals surface area contributed by atoms with Crippen molar-refractivity contribution in [1.29, 1.82) is 0 Å². The molecule has 2 heterocycles. The summed E-state index contributed by atoms with van der Waals surface area (Å²) in [5.74, 6) is 0.771. The molecule has 0 fully saturated rings. The predicted molar refractivity (Wildman–Crippen MR) is 97.9 cm³/mol. The van der Waals surface area contributed by atoms with Crippen molar-refractivity contribution < 1.29 is 9.53 Å². The van der Waals surface area contributed by atoms with Gasteiger partial charge in [-0.1, -0.05) is 30.3 Å². The molecular weight excluding hydrogens is 312 g/mol. The number of nitrogens with zero attached hydrogens (tertiary/aromatic N) is 2. The van der Waals surface area contributed by atoms with Crippen LogP contribution in [0, 0.1) is 6.92 Å². The maximum atomic E-state index is 13.0. The third-order valence-corrected chi connectivity index (χ3v) is 4.62. The van der Waals surface area contributed by atoms with Gasteiger partial charge in [-0.2, -0.15) is 0 Å². The first-order valence-corrected chi connectivity index (χ1v) is 8.19. The molecule has 1 aliphatic heterocycles. The molecule has 25 heavy (non-hydrogen) atoms. The minimum atomic E-state index is 0.0165. The number of amides is 1. The molecule has 4 nitrogen and oxygen atoms in total. The van der Waals surface area contributed by atoms with Crippen molar-refractivity contribution in [3.63, 3.8) is 0 Å². The normalized spacial score (nSPS) is 13.0. The number of aromatic nitrogens is 1. The molecule has 0 saturated heterocycles. The molecule has 0 radical (unpaired) electrons. The van der Waals surface area contributed by atoms with Crippen LogP contribution in [0.1, 0.15) is 21.5 Å². The average molecular weight is 330 g/mol. The van der Waals surface area contributed by atoms with Crippen molar-refractivity contribution in [3.05, 3.63) is 77.5 Å². The SMILES string of the molecule is COc1ccccc1-c1nccc2c1CN(c1ccccc1C)C2=O. The lowest BCUT2D eigenvalue weighted by atomic mass is 10.0. The number of hydrogen-bond acceptors (Lipinski definition) is 3. The Kier molecular flexibility index (Phi) is 3.73. The lowest BCUT2D eigenvalue weighted by Crippen LogP contribution is -2.23. The summed E-state index contributed by atoms with van der Waals surface area (Å²) in [5.41, 5.74) is 5.38. The summed E-state index contributed by atoms with van der Waals surface area (Å²) in [4.78, 5) is 19.3. The Hall–Kier alpha value is -3.14. The second-order valence-electron chi connectivity index (χ2n) is 6.06. The van der Waals surface area contributed by atoms with Crippen LogP contribution in [0.3, 0.4) is 0 Å². The van der Waals surface area contributed by atoms with Crippen LogP contribution in [0.15, 0.2) is 60.8 Å². The minimum Gasteiger partial charge on any atom is -0.496 e. The number of ether oxygens (including phenoxy) is 1. The van der Waals surface area contributed by atoms with Gasteiger partial charge in [-0.15, -0.1) is 0 Å². The summed E-state index contributed by atoms with van der Waals surface area (Å²) < 4.78 is 5.48. The van der Waals surface area contributed by atoms with Gasteiger partial charge in [0.25, 0.3) is 5.91 Å². The van der Waals surface area contributed by atoms with E-state index in [2.05, 4.69) is 4.98 Å². The van der Waals surface area contributed by atoms with E-state index in [1.54, 1.807) is 19.4 Å². The number of carbonyl (C=O) groups is 1. The Balaban J connectivity index is 1.84. The topological polar surface area (TPSA) is 42.4 Å². The lowest BCUT2D eigenvalue weighted by molar-refractivity contribution is 0.0996. The molecule has 3 aromatic rings. The summed E-state index contributed by atoms with van der Waals surface area (Å²) in [6.45, 7) is 2.53. The van der Waals surface area contributed by atoms with Crippen molar-refractivity contribution in [1.82, 2.24) is 4.98 Å². The summed E-state index contributed by atoms with van der Waals surface area (Å²) in [7, 11) is 1.65. The highest BCUT2D eigenvalue weighted by molar-refractivity contribution is 6.11.